The van der Waals surface area contributed by atoms with Crippen LogP contribution < -0.4 is 0 Å². The molecular formula is C13H14BrNS. The lowest BCUT2D eigenvalue weighted by atomic mass is 10.1. The number of alkyl halides is 1. The Labute approximate surface area is 109 Å². The van der Waals surface area contributed by atoms with E-state index in [4.69, 9.17) is 0 Å². The molecule has 0 aliphatic heterocycles. The van der Waals surface area contributed by atoms with Crippen molar-refractivity contribution in [3.05, 3.63) is 51.5 Å². The second-order valence-electron chi connectivity index (χ2n) is 3.74. The Morgan fingerprint density at radius 1 is 1.19 bits per heavy atom. The van der Waals surface area contributed by atoms with Gasteiger partial charge in [-0.1, -0.05) is 46.3 Å². The Balaban J connectivity index is 2.00. The summed E-state index contributed by atoms with van der Waals surface area (Å²) in [5.41, 5.74) is 2.56. The van der Waals surface area contributed by atoms with Crippen molar-refractivity contribution in [2.75, 3.05) is 0 Å². The van der Waals surface area contributed by atoms with Crippen LogP contribution in [0.3, 0.4) is 0 Å². The number of nitrogens with zero attached hydrogens (tertiary/aromatic N) is 1. The highest BCUT2D eigenvalue weighted by molar-refractivity contribution is 9.08. The number of hydrogen-bond donors (Lipinski definition) is 0. The third-order valence-corrected chi connectivity index (χ3v) is 4.68. The van der Waals surface area contributed by atoms with E-state index in [1.165, 1.54) is 21.1 Å². The first-order valence-corrected chi connectivity index (χ1v) is 7.28. The van der Waals surface area contributed by atoms with Crippen molar-refractivity contribution in [1.82, 2.24) is 4.98 Å². The van der Waals surface area contributed by atoms with E-state index in [1.54, 1.807) is 0 Å². The molecule has 0 fully saturated rings. The summed E-state index contributed by atoms with van der Waals surface area (Å²) >= 11 is 5.31. The van der Waals surface area contributed by atoms with E-state index in [0.717, 1.165) is 18.2 Å². The molecule has 0 amide bonds. The smallest absolute Gasteiger partial charge is 0.0934 e. The van der Waals surface area contributed by atoms with E-state index >= 15 is 0 Å². The summed E-state index contributed by atoms with van der Waals surface area (Å²) in [5, 5.41) is 2.16. The number of halogens is 1. The van der Waals surface area contributed by atoms with E-state index in [1.807, 2.05) is 11.3 Å². The highest BCUT2D eigenvalue weighted by atomic mass is 79.9. The van der Waals surface area contributed by atoms with Gasteiger partial charge in [-0.3, -0.25) is 0 Å². The maximum absolute atomic E-state index is 4.59. The number of benzene rings is 1. The van der Waals surface area contributed by atoms with Crippen LogP contribution in [0.5, 0.6) is 0 Å². The second kappa shape index (κ2) is 5.60. The minimum Gasteiger partial charge on any atom is -0.246 e. The first-order chi connectivity index (χ1) is 7.79. The summed E-state index contributed by atoms with van der Waals surface area (Å²) in [6.07, 6.45) is 2.12. The van der Waals surface area contributed by atoms with Gasteiger partial charge >= 0.3 is 0 Å². The van der Waals surface area contributed by atoms with Gasteiger partial charge in [0.2, 0.25) is 0 Å². The number of hydrogen-bond acceptors (Lipinski definition) is 2. The van der Waals surface area contributed by atoms with Crippen molar-refractivity contribution in [2.24, 2.45) is 0 Å². The molecular weight excluding hydrogens is 282 g/mol. The molecule has 0 aliphatic carbocycles. The molecule has 2 rings (SSSR count). The molecule has 1 aromatic heterocycles. The summed E-state index contributed by atoms with van der Waals surface area (Å²) in [6.45, 7) is 2.08. The Morgan fingerprint density at radius 3 is 2.56 bits per heavy atom. The van der Waals surface area contributed by atoms with Gasteiger partial charge in [0.25, 0.3) is 0 Å². The molecule has 0 saturated heterocycles. The summed E-state index contributed by atoms with van der Waals surface area (Å²) in [7, 11) is 0. The molecule has 0 radical (unpaired) electrons. The van der Waals surface area contributed by atoms with E-state index in [0.29, 0.717) is 0 Å². The van der Waals surface area contributed by atoms with Gasteiger partial charge in [-0.05, 0) is 18.9 Å². The predicted octanol–water partition coefficient (Wildman–Crippen LogP) is 4.13. The van der Waals surface area contributed by atoms with E-state index in [-0.39, 0.29) is 0 Å². The molecule has 0 atom stereocenters. The average Bonchev–Trinajstić information content (AvgIpc) is 2.69. The van der Waals surface area contributed by atoms with Crippen LogP contribution in [0.15, 0.2) is 30.3 Å². The van der Waals surface area contributed by atoms with Crippen molar-refractivity contribution in [1.29, 1.82) is 0 Å². The van der Waals surface area contributed by atoms with Gasteiger partial charge in [-0.15, -0.1) is 11.3 Å². The third kappa shape index (κ3) is 2.92. The van der Waals surface area contributed by atoms with Gasteiger partial charge in [0.05, 0.1) is 10.7 Å². The van der Waals surface area contributed by atoms with Crippen molar-refractivity contribution in [3.8, 4) is 0 Å². The van der Waals surface area contributed by atoms with Crippen molar-refractivity contribution < 1.29 is 0 Å². The first-order valence-electron chi connectivity index (χ1n) is 5.34. The van der Waals surface area contributed by atoms with Gasteiger partial charge in [-0.2, -0.15) is 0 Å². The van der Waals surface area contributed by atoms with Gasteiger partial charge in [-0.25, -0.2) is 4.98 Å². The fourth-order valence-electron chi connectivity index (χ4n) is 1.62. The molecule has 3 heteroatoms. The van der Waals surface area contributed by atoms with E-state index in [2.05, 4.69) is 58.2 Å². The van der Waals surface area contributed by atoms with Crippen molar-refractivity contribution >= 4 is 27.3 Å². The molecule has 0 spiro atoms. The zero-order chi connectivity index (χ0) is 11.4. The van der Waals surface area contributed by atoms with Gasteiger partial charge in [0.1, 0.15) is 0 Å². The second-order valence-corrected chi connectivity index (χ2v) is 5.46. The molecule has 1 nitrogen and oxygen atoms in total. The van der Waals surface area contributed by atoms with Crippen molar-refractivity contribution in [3.63, 3.8) is 0 Å². The molecule has 0 bridgehead atoms. The lowest BCUT2D eigenvalue weighted by molar-refractivity contribution is 0.936. The van der Waals surface area contributed by atoms with Crippen LogP contribution in [-0.2, 0) is 18.2 Å². The topological polar surface area (TPSA) is 12.9 Å². The maximum Gasteiger partial charge on any atom is 0.0934 e. The maximum atomic E-state index is 4.59. The quantitative estimate of drug-likeness (QED) is 0.773. The summed E-state index contributed by atoms with van der Waals surface area (Å²) < 4.78 is 0. The largest absolute Gasteiger partial charge is 0.246 e. The fraction of sp³-hybridized carbons (Fsp3) is 0.308. The average molecular weight is 296 g/mol. The predicted molar refractivity (Wildman–Crippen MR) is 73.3 cm³/mol. The number of rotatable bonds is 4. The monoisotopic (exact) mass is 295 g/mol. The first kappa shape index (κ1) is 11.8. The fourth-order valence-corrected chi connectivity index (χ4v) is 3.28. The molecule has 1 heterocycles. The summed E-state index contributed by atoms with van der Waals surface area (Å²) in [4.78, 5) is 5.94. The lowest BCUT2D eigenvalue weighted by Gasteiger charge is -1.97. The van der Waals surface area contributed by atoms with Gasteiger partial charge in [0, 0.05) is 16.6 Å². The van der Waals surface area contributed by atoms with Crippen LogP contribution in [0.4, 0.5) is 0 Å². The highest BCUT2D eigenvalue weighted by Gasteiger charge is 2.06. The molecule has 0 saturated carbocycles. The van der Waals surface area contributed by atoms with Gasteiger partial charge < -0.3 is 0 Å². The molecule has 0 unspecified atom stereocenters. The minimum absolute atomic E-state index is 0.918. The third-order valence-electron chi connectivity index (χ3n) is 2.53. The number of aromatic nitrogens is 1. The minimum atomic E-state index is 0.918. The molecule has 84 valence electrons. The van der Waals surface area contributed by atoms with Crippen molar-refractivity contribution in [2.45, 2.75) is 25.1 Å². The van der Waals surface area contributed by atoms with Crippen LogP contribution in [0, 0.1) is 6.92 Å². The zero-order valence-corrected chi connectivity index (χ0v) is 11.6. The van der Waals surface area contributed by atoms with E-state index < -0.39 is 0 Å². The van der Waals surface area contributed by atoms with Gasteiger partial charge in [0.15, 0.2) is 0 Å². The van der Waals surface area contributed by atoms with Crippen LogP contribution in [0.2, 0.25) is 0 Å². The Bertz CT molecular complexity index is 450. The van der Waals surface area contributed by atoms with E-state index in [9.17, 15) is 0 Å². The van der Waals surface area contributed by atoms with Crippen LogP contribution in [-0.4, -0.2) is 4.98 Å². The normalized spacial score (nSPS) is 10.6. The lowest BCUT2D eigenvalue weighted by Crippen LogP contribution is -1.90. The molecule has 1 aromatic carbocycles. The highest BCUT2D eigenvalue weighted by Crippen LogP contribution is 2.21. The van der Waals surface area contributed by atoms with Crippen LogP contribution >= 0.6 is 27.3 Å². The SMILES string of the molecule is Cc1nc(CCc2ccccc2)sc1CBr. The Kier molecular flexibility index (Phi) is 4.13. The van der Waals surface area contributed by atoms with Crippen LogP contribution in [0.1, 0.15) is 21.1 Å². The Hall–Kier alpha value is -0.670. The summed E-state index contributed by atoms with van der Waals surface area (Å²) in [5.74, 6) is 0. The Morgan fingerprint density at radius 2 is 1.94 bits per heavy atom. The van der Waals surface area contributed by atoms with Crippen LogP contribution in [0.25, 0.3) is 0 Å². The molecule has 16 heavy (non-hydrogen) atoms. The number of thiazole rings is 1. The molecule has 0 aliphatic rings. The number of aryl methyl sites for hydroxylation is 3. The standard InChI is InChI=1S/C13H14BrNS/c1-10-12(9-14)16-13(15-10)8-7-11-5-3-2-4-6-11/h2-6H,7-9H2,1H3. The summed E-state index contributed by atoms with van der Waals surface area (Å²) in [6, 6.07) is 10.6. The molecule has 2 aromatic rings. The molecule has 0 N–H and O–H groups in total. The zero-order valence-electron chi connectivity index (χ0n) is 9.24.